The highest BCUT2D eigenvalue weighted by atomic mass is 16.6. The van der Waals surface area contributed by atoms with Gasteiger partial charge in [0.2, 0.25) is 0 Å². The van der Waals surface area contributed by atoms with E-state index in [1.54, 1.807) is 11.0 Å². The maximum absolute atomic E-state index is 12.5. The molecule has 0 spiro atoms. The van der Waals surface area contributed by atoms with Crippen LogP contribution in [-0.2, 0) is 20.9 Å². The van der Waals surface area contributed by atoms with E-state index < -0.39 is 5.97 Å². The zero-order valence-electron chi connectivity index (χ0n) is 16.7. The van der Waals surface area contributed by atoms with Crippen LogP contribution in [0, 0.1) is 6.92 Å². The van der Waals surface area contributed by atoms with Crippen LogP contribution < -0.4 is 9.47 Å². The third-order valence-electron chi connectivity index (χ3n) is 4.54. The largest absolute Gasteiger partial charge is 0.486 e. The molecular weight excluding hydrogens is 370 g/mol. The normalized spacial score (nSPS) is 12.6. The Kier molecular flexibility index (Phi) is 6.89. The van der Waals surface area contributed by atoms with Gasteiger partial charge >= 0.3 is 5.97 Å². The molecule has 0 aliphatic carbocycles. The molecular formula is C23H25NO5. The molecule has 1 amide bonds. The molecule has 152 valence electrons. The van der Waals surface area contributed by atoms with Crippen LogP contribution in [0.5, 0.6) is 11.5 Å². The molecule has 0 bridgehead atoms. The number of fused-ring (bicyclic) bond motifs is 1. The predicted octanol–water partition coefficient (Wildman–Crippen LogP) is 3.37. The summed E-state index contributed by atoms with van der Waals surface area (Å²) in [5, 5.41) is 0. The van der Waals surface area contributed by atoms with E-state index in [-0.39, 0.29) is 12.5 Å². The fraction of sp³-hybridized carbons (Fsp3) is 0.304. The van der Waals surface area contributed by atoms with Gasteiger partial charge in [-0.25, -0.2) is 4.79 Å². The third kappa shape index (κ3) is 5.85. The van der Waals surface area contributed by atoms with E-state index in [9.17, 15) is 9.59 Å². The van der Waals surface area contributed by atoms with E-state index in [2.05, 4.69) is 0 Å². The Morgan fingerprint density at radius 3 is 2.52 bits per heavy atom. The third-order valence-corrected chi connectivity index (χ3v) is 4.54. The van der Waals surface area contributed by atoms with Crippen LogP contribution >= 0.6 is 0 Å². The fourth-order valence-corrected chi connectivity index (χ4v) is 2.90. The Morgan fingerprint density at radius 1 is 1.07 bits per heavy atom. The average Bonchev–Trinajstić information content (AvgIpc) is 2.75. The van der Waals surface area contributed by atoms with Gasteiger partial charge in [0, 0.05) is 19.2 Å². The summed E-state index contributed by atoms with van der Waals surface area (Å²) in [5.74, 6) is 0.599. The van der Waals surface area contributed by atoms with Crippen molar-refractivity contribution in [2.24, 2.45) is 0 Å². The molecule has 0 N–H and O–H groups in total. The first-order valence-corrected chi connectivity index (χ1v) is 9.63. The van der Waals surface area contributed by atoms with Gasteiger partial charge in [0.1, 0.15) is 13.2 Å². The lowest BCUT2D eigenvalue weighted by atomic mass is 10.1. The Labute approximate surface area is 170 Å². The number of likely N-dealkylation sites (N-methyl/N-ethyl adjacent to an activating group) is 1. The lowest BCUT2D eigenvalue weighted by Crippen LogP contribution is -2.34. The van der Waals surface area contributed by atoms with Gasteiger partial charge in [-0.3, -0.25) is 4.79 Å². The highest BCUT2D eigenvalue weighted by Gasteiger charge is 2.16. The number of ether oxygens (including phenoxy) is 3. The molecule has 0 atom stereocenters. The fourth-order valence-electron chi connectivity index (χ4n) is 2.90. The lowest BCUT2D eigenvalue weighted by molar-refractivity contribution is -0.148. The molecule has 2 aromatic carbocycles. The Bertz CT molecular complexity index is 889. The number of hydrogen-bond donors (Lipinski definition) is 0. The minimum absolute atomic E-state index is 0.250. The van der Waals surface area contributed by atoms with Crippen LogP contribution in [0.1, 0.15) is 23.6 Å². The highest BCUT2D eigenvalue weighted by molar-refractivity contribution is 5.89. The molecule has 0 fully saturated rings. The quantitative estimate of drug-likeness (QED) is 0.531. The Hall–Kier alpha value is -3.28. The minimum atomic E-state index is -0.547. The molecule has 6 heteroatoms. The number of amides is 1. The first-order chi connectivity index (χ1) is 14.0. The summed E-state index contributed by atoms with van der Waals surface area (Å²) in [6.45, 7) is 5.55. The molecule has 0 saturated carbocycles. The van der Waals surface area contributed by atoms with Crippen LogP contribution in [0.4, 0.5) is 0 Å². The minimum Gasteiger partial charge on any atom is -0.486 e. The predicted molar refractivity (Wildman–Crippen MR) is 110 cm³/mol. The van der Waals surface area contributed by atoms with Gasteiger partial charge in [-0.2, -0.15) is 0 Å². The van der Waals surface area contributed by atoms with Gasteiger partial charge in [-0.1, -0.05) is 35.9 Å². The van der Waals surface area contributed by atoms with Crippen molar-refractivity contribution in [2.45, 2.75) is 20.4 Å². The Morgan fingerprint density at radius 2 is 1.79 bits per heavy atom. The van der Waals surface area contributed by atoms with Crippen molar-refractivity contribution in [2.75, 3.05) is 26.4 Å². The van der Waals surface area contributed by atoms with Crippen molar-refractivity contribution in [3.8, 4) is 11.5 Å². The number of hydrogen-bond acceptors (Lipinski definition) is 5. The van der Waals surface area contributed by atoms with Gasteiger partial charge in [0.15, 0.2) is 18.1 Å². The van der Waals surface area contributed by atoms with E-state index in [1.807, 2.05) is 56.3 Å². The van der Waals surface area contributed by atoms with Crippen molar-refractivity contribution in [3.63, 3.8) is 0 Å². The number of carbonyl (C=O) groups excluding carboxylic acids is 2. The second-order valence-corrected chi connectivity index (χ2v) is 6.74. The lowest BCUT2D eigenvalue weighted by Gasteiger charge is -2.23. The highest BCUT2D eigenvalue weighted by Crippen LogP contribution is 2.31. The number of esters is 1. The van der Waals surface area contributed by atoms with Crippen molar-refractivity contribution in [3.05, 3.63) is 65.2 Å². The second-order valence-electron chi connectivity index (χ2n) is 6.74. The number of rotatable bonds is 7. The van der Waals surface area contributed by atoms with Gasteiger partial charge in [0.25, 0.3) is 5.91 Å². The second kappa shape index (κ2) is 9.78. The first-order valence-electron chi connectivity index (χ1n) is 9.63. The molecule has 1 aliphatic heterocycles. The topological polar surface area (TPSA) is 65.1 Å². The summed E-state index contributed by atoms with van der Waals surface area (Å²) >= 11 is 0. The molecule has 0 saturated heterocycles. The van der Waals surface area contributed by atoms with Crippen LogP contribution in [0.15, 0.2) is 48.5 Å². The van der Waals surface area contributed by atoms with E-state index in [1.165, 1.54) is 6.08 Å². The molecule has 6 nitrogen and oxygen atoms in total. The van der Waals surface area contributed by atoms with Gasteiger partial charge in [-0.05, 0) is 43.2 Å². The number of nitrogens with zero attached hydrogens (tertiary/aromatic N) is 1. The van der Waals surface area contributed by atoms with E-state index >= 15 is 0 Å². The molecule has 3 rings (SSSR count). The number of carbonyl (C=O) groups is 2. The SMILES string of the molecule is CCN(Cc1ccc2c(c1)OCCO2)C(=O)COC(=O)/C=C/c1ccc(C)cc1. The summed E-state index contributed by atoms with van der Waals surface area (Å²) < 4.78 is 16.2. The zero-order chi connectivity index (χ0) is 20.6. The van der Waals surface area contributed by atoms with Crippen molar-refractivity contribution in [1.82, 2.24) is 4.90 Å². The van der Waals surface area contributed by atoms with Crippen molar-refractivity contribution >= 4 is 18.0 Å². The van der Waals surface area contributed by atoms with Crippen molar-refractivity contribution < 1.29 is 23.8 Å². The standard InChI is InChI=1S/C23H25NO5/c1-3-24(15-19-8-10-20-21(14-19)28-13-12-27-20)22(25)16-29-23(26)11-9-18-6-4-17(2)5-7-18/h4-11,14H,3,12-13,15-16H2,1-2H3/b11-9+. The summed E-state index contributed by atoms with van der Waals surface area (Å²) in [5.41, 5.74) is 2.97. The summed E-state index contributed by atoms with van der Waals surface area (Å²) in [4.78, 5) is 26.0. The van der Waals surface area contributed by atoms with Gasteiger partial charge < -0.3 is 19.1 Å². The molecule has 1 heterocycles. The van der Waals surface area contributed by atoms with Gasteiger partial charge in [-0.15, -0.1) is 0 Å². The smallest absolute Gasteiger partial charge is 0.331 e. The maximum Gasteiger partial charge on any atom is 0.331 e. The van der Waals surface area contributed by atoms with E-state index in [0.717, 1.165) is 16.7 Å². The molecule has 0 aromatic heterocycles. The summed E-state index contributed by atoms with van der Waals surface area (Å²) in [6, 6.07) is 13.4. The number of benzene rings is 2. The average molecular weight is 395 g/mol. The first kappa shape index (κ1) is 20.5. The molecule has 2 aromatic rings. The summed E-state index contributed by atoms with van der Waals surface area (Å²) in [6.07, 6.45) is 2.99. The van der Waals surface area contributed by atoms with Crippen molar-refractivity contribution in [1.29, 1.82) is 0 Å². The molecule has 0 unspecified atom stereocenters. The van der Waals surface area contributed by atoms with Crippen LogP contribution in [0.25, 0.3) is 6.08 Å². The van der Waals surface area contributed by atoms with Crippen LogP contribution in [-0.4, -0.2) is 43.1 Å². The summed E-state index contributed by atoms with van der Waals surface area (Å²) in [7, 11) is 0. The van der Waals surface area contributed by atoms with Crippen LogP contribution in [0.3, 0.4) is 0 Å². The maximum atomic E-state index is 12.5. The zero-order valence-corrected chi connectivity index (χ0v) is 16.7. The number of aryl methyl sites for hydroxylation is 1. The molecule has 29 heavy (non-hydrogen) atoms. The van der Waals surface area contributed by atoms with E-state index in [0.29, 0.717) is 37.8 Å². The van der Waals surface area contributed by atoms with Gasteiger partial charge in [0.05, 0.1) is 0 Å². The molecule has 0 radical (unpaired) electrons. The monoisotopic (exact) mass is 395 g/mol. The molecule has 1 aliphatic rings. The van der Waals surface area contributed by atoms with Crippen LogP contribution in [0.2, 0.25) is 0 Å². The Balaban J connectivity index is 1.51. The van der Waals surface area contributed by atoms with E-state index in [4.69, 9.17) is 14.2 Å².